The molecule has 0 saturated carbocycles. The molecule has 20 heavy (non-hydrogen) atoms. The molecule has 3 rings (SSSR count). The van der Waals surface area contributed by atoms with Crippen LogP contribution >= 0.6 is 0 Å². The highest BCUT2D eigenvalue weighted by atomic mass is 16.1. The number of benzene rings is 2. The zero-order chi connectivity index (χ0) is 14.4. The van der Waals surface area contributed by atoms with Gasteiger partial charge >= 0.3 is 0 Å². The highest BCUT2D eigenvalue weighted by Gasteiger charge is 2.22. The van der Waals surface area contributed by atoms with E-state index in [2.05, 4.69) is 39.0 Å². The first-order chi connectivity index (χ1) is 9.49. The topological polar surface area (TPSA) is 17.1 Å². The van der Waals surface area contributed by atoms with Gasteiger partial charge in [0.1, 0.15) is 0 Å². The molecule has 2 aromatic carbocycles. The number of hydrogen-bond donors (Lipinski definition) is 0. The van der Waals surface area contributed by atoms with Crippen molar-refractivity contribution >= 4 is 5.78 Å². The summed E-state index contributed by atoms with van der Waals surface area (Å²) in [7, 11) is 0. The molecule has 1 aliphatic rings. The molecule has 0 spiro atoms. The van der Waals surface area contributed by atoms with Crippen molar-refractivity contribution in [3.63, 3.8) is 0 Å². The van der Waals surface area contributed by atoms with Crippen molar-refractivity contribution in [2.24, 2.45) is 0 Å². The summed E-state index contributed by atoms with van der Waals surface area (Å²) in [4.78, 5) is 12.4. The number of carbonyl (C=O) groups excluding carboxylic acids is 1. The highest BCUT2D eigenvalue weighted by molar-refractivity contribution is 6.04. The molecule has 0 unspecified atom stereocenters. The minimum absolute atomic E-state index is 0.273. The number of carbonyl (C=O) groups is 1. The number of ketones is 1. The first-order valence-electron chi connectivity index (χ1n) is 7.23. The van der Waals surface area contributed by atoms with Gasteiger partial charge < -0.3 is 0 Å². The number of rotatable bonds is 0. The second-order valence-electron chi connectivity index (χ2n) is 5.95. The van der Waals surface area contributed by atoms with Crippen LogP contribution in [-0.4, -0.2) is 5.78 Å². The van der Waals surface area contributed by atoms with Crippen LogP contribution in [0.15, 0.2) is 24.3 Å². The average Bonchev–Trinajstić information content (AvgIpc) is 2.55. The van der Waals surface area contributed by atoms with Crippen LogP contribution in [0.2, 0.25) is 0 Å². The molecule has 0 fully saturated rings. The van der Waals surface area contributed by atoms with Crippen LogP contribution in [0.5, 0.6) is 0 Å². The van der Waals surface area contributed by atoms with Crippen molar-refractivity contribution in [2.75, 3.05) is 0 Å². The van der Waals surface area contributed by atoms with E-state index in [1.165, 1.54) is 27.8 Å². The fourth-order valence-corrected chi connectivity index (χ4v) is 3.23. The van der Waals surface area contributed by atoms with E-state index in [9.17, 15) is 4.79 Å². The van der Waals surface area contributed by atoms with Crippen molar-refractivity contribution < 1.29 is 4.79 Å². The third kappa shape index (κ3) is 1.89. The Hall–Kier alpha value is -1.89. The second-order valence-corrected chi connectivity index (χ2v) is 5.95. The van der Waals surface area contributed by atoms with E-state index < -0.39 is 0 Å². The van der Waals surface area contributed by atoms with Gasteiger partial charge in [0, 0.05) is 12.0 Å². The zero-order valence-electron chi connectivity index (χ0n) is 12.6. The van der Waals surface area contributed by atoms with E-state index >= 15 is 0 Å². The number of hydrogen-bond acceptors (Lipinski definition) is 1. The molecule has 102 valence electrons. The van der Waals surface area contributed by atoms with Crippen molar-refractivity contribution in [1.29, 1.82) is 0 Å². The van der Waals surface area contributed by atoms with Gasteiger partial charge in [0.15, 0.2) is 5.78 Å². The summed E-state index contributed by atoms with van der Waals surface area (Å²) in [6.07, 6.45) is 1.47. The molecule has 0 bridgehead atoms. The second kappa shape index (κ2) is 4.59. The Balaban J connectivity index is 2.39. The minimum atomic E-state index is 0.273. The molecule has 0 saturated heterocycles. The first kappa shape index (κ1) is 13.1. The number of aryl methyl sites for hydroxylation is 3. The summed E-state index contributed by atoms with van der Waals surface area (Å²) in [6, 6.07) is 8.53. The molecule has 1 aliphatic carbocycles. The Morgan fingerprint density at radius 2 is 1.60 bits per heavy atom. The molecule has 1 nitrogen and oxygen atoms in total. The van der Waals surface area contributed by atoms with Gasteiger partial charge in [0.05, 0.1) is 0 Å². The Morgan fingerprint density at radius 1 is 0.850 bits per heavy atom. The minimum Gasteiger partial charge on any atom is -0.294 e. The molecule has 2 aromatic rings. The molecule has 0 aromatic heterocycles. The predicted octanol–water partition coefficient (Wildman–Crippen LogP) is 4.72. The molecule has 0 heterocycles. The van der Waals surface area contributed by atoms with Crippen molar-refractivity contribution in [2.45, 2.75) is 40.5 Å². The van der Waals surface area contributed by atoms with Gasteiger partial charge in [-0.15, -0.1) is 0 Å². The summed E-state index contributed by atoms with van der Waals surface area (Å²) in [5, 5.41) is 0. The third-order valence-corrected chi connectivity index (χ3v) is 4.61. The monoisotopic (exact) mass is 264 g/mol. The SMILES string of the molecule is Cc1ccc2c(c1)C(=O)CCc1cc(C)c(C)c(C)c1-2. The van der Waals surface area contributed by atoms with Crippen LogP contribution in [0.4, 0.5) is 0 Å². The van der Waals surface area contributed by atoms with Gasteiger partial charge in [-0.2, -0.15) is 0 Å². The lowest BCUT2D eigenvalue weighted by atomic mass is 9.87. The molecular weight excluding hydrogens is 244 g/mol. The summed E-state index contributed by atoms with van der Waals surface area (Å²) < 4.78 is 0. The largest absolute Gasteiger partial charge is 0.294 e. The molecule has 0 amide bonds. The van der Waals surface area contributed by atoms with Gasteiger partial charge in [-0.3, -0.25) is 4.79 Å². The van der Waals surface area contributed by atoms with Gasteiger partial charge in [0.2, 0.25) is 0 Å². The average molecular weight is 264 g/mol. The van der Waals surface area contributed by atoms with Gasteiger partial charge in [-0.25, -0.2) is 0 Å². The fourth-order valence-electron chi connectivity index (χ4n) is 3.23. The smallest absolute Gasteiger partial charge is 0.163 e. The van der Waals surface area contributed by atoms with E-state index in [1.807, 2.05) is 13.0 Å². The van der Waals surface area contributed by atoms with Crippen LogP contribution in [0.3, 0.4) is 0 Å². The standard InChI is InChI=1S/C19H20O/c1-11-5-7-16-17(9-11)18(20)8-6-15-10-12(2)13(3)14(4)19(15)16/h5,7,9-10H,6,8H2,1-4H3. The fraction of sp³-hybridized carbons (Fsp3) is 0.316. The van der Waals surface area contributed by atoms with Crippen molar-refractivity contribution in [3.05, 3.63) is 57.6 Å². The molecule has 0 N–H and O–H groups in total. The van der Waals surface area contributed by atoms with Crippen LogP contribution < -0.4 is 0 Å². The van der Waals surface area contributed by atoms with E-state index in [0.717, 1.165) is 23.1 Å². The van der Waals surface area contributed by atoms with Crippen molar-refractivity contribution in [3.8, 4) is 11.1 Å². The molecule has 1 heteroatoms. The van der Waals surface area contributed by atoms with Crippen LogP contribution in [-0.2, 0) is 6.42 Å². The predicted molar refractivity (Wildman–Crippen MR) is 83.5 cm³/mol. The zero-order valence-corrected chi connectivity index (χ0v) is 12.6. The van der Waals surface area contributed by atoms with Crippen molar-refractivity contribution in [1.82, 2.24) is 0 Å². The molecule has 0 aliphatic heterocycles. The number of fused-ring (bicyclic) bond motifs is 3. The Kier molecular flexibility index (Phi) is 3.01. The van der Waals surface area contributed by atoms with Gasteiger partial charge in [-0.1, -0.05) is 23.8 Å². The summed E-state index contributed by atoms with van der Waals surface area (Å²) in [6.45, 7) is 8.56. The van der Waals surface area contributed by atoms with E-state index in [1.54, 1.807) is 0 Å². The maximum absolute atomic E-state index is 12.4. The summed E-state index contributed by atoms with van der Waals surface area (Å²) in [5.74, 6) is 0.273. The van der Waals surface area contributed by atoms with Gasteiger partial charge in [0.25, 0.3) is 0 Å². The van der Waals surface area contributed by atoms with Crippen LogP contribution in [0, 0.1) is 27.7 Å². The molecule has 0 atom stereocenters. The Labute approximate surface area is 120 Å². The third-order valence-electron chi connectivity index (χ3n) is 4.61. The normalized spacial score (nSPS) is 13.7. The van der Waals surface area contributed by atoms with E-state index in [-0.39, 0.29) is 5.78 Å². The lowest BCUT2D eigenvalue weighted by Gasteiger charge is -2.17. The molecule has 0 radical (unpaired) electrons. The lowest BCUT2D eigenvalue weighted by molar-refractivity contribution is 0.0984. The number of Topliss-reactive ketones (excluding diaryl/α,β-unsaturated/α-hetero) is 1. The van der Waals surface area contributed by atoms with Crippen LogP contribution in [0.1, 0.15) is 44.6 Å². The quantitative estimate of drug-likeness (QED) is 0.673. The maximum atomic E-state index is 12.4. The first-order valence-corrected chi connectivity index (χ1v) is 7.23. The summed E-state index contributed by atoms with van der Waals surface area (Å²) >= 11 is 0. The summed E-state index contributed by atoms with van der Waals surface area (Å²) in [5.41, 5.74) is 9.76. The molecular formula is C19H20O. The maximum Gasteiger partial charge on any atom is 0.163 e. The Morgan fingerprint density at radius 3 is 2.35 bits per heavy atom. The Bertz CT molecular complexity index is 723. The van der Waals surface area contributed by atoms with E-state index in [4.69, 9.17) is 0 Å². The van der Waals surface area contributed by atoms with Gasteiger partial charge in [-0.05, 0) is 73.6 Å². The lowest BCUT2D eigenvalue weighted by Crippen LogP contribution is -2.00. The highest BCUT2D eigenvalue weighted by Crippen LogP contribution is 2.37. The van der Waals surface area contributed by atoms with E-state index in [0.29, 0.717) is 6.42 Å². The van der Waals surface area contributed by atoms with Crippen LogP contribution in [0.25, 0.3) is 11.1 Å².